The minimum absolute atomic E-state index is 0.219. The number of carbonyl (C=O) groups excluding carboxylic acids is 1. The summed E-state index contributed by atoms with van der Waals surface area (Å²) in [6.07, 6.45) is 3.74. The van der Waals surface area contributed by atoms with Crippen molar-refractivity contribution in [2.24, 2.45) is 0 Å². The molecule has 1 amide bonds. The molecule has 1 atom stereocenters. The molecule has 1 aliphatic rings. The third-order valence-corrected chi connectivity index (χ3v) is 3.90. The Morgan fingerprint density at radius 2 is 2.11 bits per heavy atom. The van der Waals surface area contributed by atoms with E-state index in [4.69, 9.17) is 0 Å². The van der Waals surface area contributed by atoms with Gasteiger partial charge in [0, 0.05) is 25.2 Å². The molecule has 1 aromatic rings. The lowest BCUT2D eigenvalue weighted by Crippen LogP contribution is -2.31. The summed E-state index contributed by atoms with van der Waals surface area (Å²) in [6, 6.07) is 6.95. The largest absolute Gasteiger partial charge is 0.315 e. The summed E-state index contributed by atoms with van der Waals surface area (Å²) in [6.45, 7) is 5.45. The van der Waals surface area contributed by atoms with Crippen molar-refractivity contribution in [3.63, 3.8) is 0 Å². The molecular formula is C16H24N2O. The lowest BCUT2D eigenvalue weighted by atomic mass is 9.95. The number of aryl methyl sites for hydroxylation is 1. The van der Waals surface area contributed by atoms with Crippen LogP contribution in [-0.2, 0) is 11.2 Å². The number of hydrogen-bond acceptors (Lipinski definition) is 2. The third kappa shape index (κ3) is 2.98. The zero-order valence-corrected chi connectivity index (χ0v) is 12.2. The van der Waals surface area contributed by atoms with Crippen LogP contribution in [-0.4, -0.2) is 19.5 Å². The number of benzene rings is 1. The number of hydrogen-bond donors (Lipinski definition) is 1. The molecule has 3 nitrogen and oxygen atoms in total. The van der Waals surface area contributed by atoms with Crippen molar-refractivity contribution in [2.75, 3.05) is 18.5 Å². The van der Waals surface area contributed by atoms with Crippen LogP contribution in [0, 0.1) is 0 Å². The number of anilines is 1. The first-order valence-corrected chi connectivity index (χ1v) is 7.30. The van der Waals surface area contributed by atoms with Crippen LogP contribution in [0.25, 0.3) is 0 Å². The summed E-state index contributed by atoms with van der Waals surface area (Å²) in [5.41, 5.74) is 3.72. The Labute approximate surface area is 116 Å². The van der Waals surface area contributed by atoms with Gasteiger partial charge in [0.25, 0.3) is 0 Å². The predicted molar refractivity (Wildman–Crippen MR) is 79.5 cm³/mol. The van der Waals surface area contributed by atoms with E-state index in [1.165, 1.54) is 11.1 Å². The minimum Gasteiger partial charge on any atom is -0.315 e. The highest BCUT2D eigenvalue weighted by atomic mass is 16.2. The van der Waals surface area contributed by atoms with Crippen LogP contribution in [0.15, 0.2) is 18.2 Å². The van der Waals surface area contributed by atoms with Gasteiger partial charge in [0.1, 0.15) is 0 Å². The van der Waals surface area contributed by atoms with E-state index in [-0.39, 0.29) is 5.91 Å². The highest BCUT2D eigenvalue weighted by molar-refractivity contribution is 5.95. The zero-order chi connectivity index (χ0) is 13.8. The Hall–Kier alpha value is -1.35. The quantitative estimate of drug-likeness (QED) is 0.882. The van der Waals surface area contributed by atoms with Gasteiger partial charge in [-0.05, 0) is 43.0 Å². The van der Waals surface area contributed by atoms with Crippen LogP contribution in [0.4, 0.5) is 5.69 Å². The minimum atomic E-state index is 0.219. The average Bonchev–Trinajstić information content (AvgIpc) is 2.44. The molecule has 1 aromatic carbocycles. The van der Waals surface area contributed by atoms with Crippen LogP contribution in [0.3, 0.4) is 0 Å². The van der Waals surface area contributed by atoms with Gasteiger partial charge in [0.15, 0.2) is 0 Å². The molecule has 0 aromatic heterocycles. The van der Waals surface area contributed by atoms with Crippen molar-refractivity contribution in [3.05, 3.63) is 29.3 Å². The molecule has 3 heteroatoms. The average molecular weight is 260 g/mol. The molecule has 0 fully saturated rings. The number of fused-ring (bicyclic) bond motifs is 1. The Bertz CT molecular complexity index is 456. The summed E-state index contributed by atoms with van der Waals surface area (Å²) in [7, 11) is 1.87. The number of amides is 1. The Balaban J connectivity index is 2.23. The topological polar surface area (TPSA) is 32.3 Å². The molecular weight excluding hydrogens is 236 g/mol. The van der Waals surface area contributed by atoms with Crippen molar-refractivity contribution in [1.29, 1.82) is 0 Å². The Morgan fingerprint density at radius 1 is 1.32 bits per heavy atom. The van der Waals surface area contributed by atoms with Gasteiger partial charge in [-0.2, -0.15) is 0 Å². The van der Waals surface area contributed by atoms with Crippen LogP contribution < -0.4 is 10.2 Å². The van der Waals surface area contributed by atoms with E-state index >= 15 is 0 Å². The summed E-state index contributed by atoms with van der Waals surface area (Å²) < 4.78 is 0. The highest BCUT2D eigenvalue weighted by Crippen LogP contribution is 2.30. The molecule has 2 rings (SSSR count). The monoisotopic (exact) mass is 260 g/mol. The van der Waals surface area contributed by atoms with Crippen molar-refractivity contribution >= 4 is 11.6 Å². The molecule has 1 N–H and O–H groups in total. The lowest BCUT2D eigenvalue weighted by Gasteiger charge is -2.27. The van der Waals surface area contributed by atoms with Gasteiger partial charge in [0.2, 0.25) is 5.91 Å². The van der Waals surface area contributed by atoms with E-state index in [9.17, 15) is 4.79 Å². The highest BCUT2D eigenvalue weighted by Gasteiger charge is 2.21. The van der Waals surface area contributed by atoms with Crippen molar-refractivity contribution in [1.82, 2.24) is 5.32 Å². The smallest absolute Gasteiger partial charge is 0.227 e. The molecule has 0 spiro atoms. The molecule has 0 saturated heterocycles. The van der Waals surface area contributed by atoms with E-state index in [1.807, 2.05) is 7.05 Å². The number of nitrogens with one attached hydrogen (secondary N) is 1. The first-order chi connectivity index (χ1) is 9.17. The van der Waals surface area contributed by atoms with E-state index in [0.29, 0.717) is 12.5 Å². The molecule has 0 saturated carbocycles. The maximum absolute atomic E-state index is 11.7. The van der Waals surface area contributed by atoms with E-state index < -0.39 is 0 Å². The van der Waals surface area contributed by atoms with Gasteiger partial charge in [-0.15, -0.1) is 0 Å². The fraction of sp³-hybridized carbons (Fsp3) is 0.562. The molecule has 19 heavy (non-hydrogen) atoms. The fourth-order valence-electron chi connectivity index (χ4n) is 2.71. The number of rotatable bonds is 5. The molecule has 1 aliphatic heterocycles. The standard InChI is InChI=1S/C16H24N2O/c1-4-10-17-14(5-2)12-6-8-15-13(11-12)7-9-16(19)18(15)3/h6,8,11,14,17H,4-5,7,9-10H2,1-3H3. The van der Waals surface area contributed by atoms with Crippen LogP contribution in [0.2, 0.25) is 0 Å². The first-order valence-electron chi connectivity index (χ1n) is 7.30. The first kappa shape index (κ1) is 14.1. The lowest BCUT2D eigenvalue weighted by molar-refractivity contribution is -0.118. The van der Waals surface area contributed by atoms with Crippen LogP contribution in [0.5, 0.6) is 0 Å². The Kier molecular flexibility index (Phi) is 4.59. The molecule has 1 heterocycles. The molecule has 0 aliphatic carbocycles. The van der Waals surface area contributed by atoms with Gasteiger partial charge < -0.3 is 10.2 Å². The summed E-state index contributed by atoms with van der Waals surface area (Å²) in [5, 5.41) is 3.58. The van der Waals surface area contributed by atoms with Gasteiger partial charge >= 0.3 is 0 Å². The predicted octanol–water partition coefficient (Wildman–Crippen LogP) is 3.05. The van der Waals surface area contributed by atoms with E-state index in [1.54, 1.807) is 4.90 Å². The van der Waals surface area contributed by atoms with Crippen LogP contribution in [0.1, 0.15) is 50.3 Å². The second-order valence-electron chi connectivity index (χ2n) is 5.26. The zero-order valence-electron chi connectivity index (χ0n) is 12.2. The fourth-order valence-corrected chi connectivity index (χ4v) is 2.71. The molecule has 104 valence electrons. The summed E-state index contributed by atoms with van der Waals surface area (Å²) in [4.78, 5) is 13.5. The Morgan fingerprint density at radius 3 is 2.79 bits per heavy atom. The number of carbonyl (C=O) groups is 1. The maximum Gasteiger partial charge on any atom is 0.227 e. The SMILES string of the molecule is CCCNC(CC)c1ccc2c(c1)CCC(=O)N2C. The van der Waals surface area contributed by atoms with Crippen LogP contribution >= 0.6 is 0 Å². The summed E-state index contributed by atoms with van der Waals surface area (Å²) >= 11 is 0. The van der Waals surface area contributed by atoms with Gasteiger partial charge in [-0.1, -0.05) is 26.0 Å². The van der Waals surface area contributed by atoms with Gasteiger partial charge in [-0.3, -0.25) is 4.79 Å². The second-order valence-corrected chi connectivity index (χ2v) is 5.26. The second kappa shape index (κ2) is 6.20. The van der Waals surface area contributed by atoms with Gasteiger partial charge in [0.05, 0.1) is 0 Å². The van der Waals surface area contributed by atoms with Crippen molar-refractivity contribution in [3.8, 4) is 0 Å². The molecule has 0 bridgehead atoms. The van der Waals surface area contributed by atoms with Crippen molar-refractivity contribution in [2.45, 2.75) is 45.6 Å². The van der Waals surface area contributed by atoms with Gasteiger partial charge in [-0.25, -0.2) is 0 Å². The molecule has 0 radical (unpaired) electrons. The number of nitrogens with zero attached hydrogens (tertiary/aromatic N) is 1. The normalized spacial score (nSPS) is 16.4. The third-order valence-electron chi connectivity index (χ3n) is 3.90. The van der Waals surface area contributed by atoms with E-state index in [2.05, 4.69) is 37.4 Å². The summed E-state index contributed by atoms with van der Waals surface area (Å²) in [5.74, 6) is 0.219. The van der Waals surface area contributed by atoms with E-state index in [0.717, 1.165) is 31.5 Å². The molecule has 1 unspecified atom stereocenters. The van der Waals surface area contributed by atoms with Crippen molar-refractivity contribution < 1.29 is 4.79 Å². The maximum atomic E-state index is 11.7.